The molecule has 1 aliphatic carbocycles. The van der Waals surface area contributed by atoms with Crippen molar-refractivity contribution in [1.29, 1.82) is 0 Å². The standard InChI is InChI=1S/C6H10O2S.CH3.Cs/c1-5(7)8-6(4-9)2-3-6;;/h9H,2-4H2,1H3;1H3;. The quantitative estimate of drug-likeness (QED) is 0.612. The topological polar surface area (TPSA) is 26.3 Å². The molecule has 0 unspecified atom stereocenters. The number of rotatable bonds is 2. The Morgan fingerprint density at radius 2 is 2.09 bits per heavy atom. The van der Waals surface area contributed by atoms with Crippen LogP contribution in [0.1, 0.15) is 19.8 Å². The van der Waals surface area contributed by atoms with Gasteiger partial charge < -0.3 is 4.74 Å². The first kappa shape index (κ1) is 12.9. The van der Waals surface area contributed by atoms with E-state index in [2.05, 4.69) is 11.0 Å². The molecule has 0 spiro atoms. The van der Waals surface area contributed by atoms with Gasteiger partial charge >= 0.3 is 70.2 Å². The van der Waals surface area contributed by atoms with Crippen LogP contribution < -0.4 is 0 Å². The maximum absolute atomic E-state index is 10.4. The second-order valence-corrected chi connectivity index (χ2v) is 2.75. The minimum atomic E-state index is -0.193. The van der Waals surface area contributed by atoms with E-state index in [9.17, 15) is 4.79 Å². The van der Waals surface area contributed by atoms with Crippen LogP contribution in [0.25, 0.3) is 0 Å². The van der Waals surface area contributed by atoms with E-state index in [4.69, 9.17) is 4.74 Å². The van der Waals surface area contributed by atoms with Gasteiger partial charge in [0.15, 0.2) is 0 Å². The van der Waals surface area contributed by atoms with E-state index in [1.54, 1.807) is 0 Å². The molecule has 1 saturated carbocycles. The van der Waals surface area contributed by atoms with Gasteiger partial charge in [-0.3, -0.25) is 4.79 Å². The molecule has 1 rings (SSSR count). The SMILES string of the molecule is CC(=O)OC1(CS)CC1.[CH3][Cs]. The van der Waals surface area contributed by atoms with E-state index < -0.39 is 0 Å². The molecule has 2 nitrogen and oxygen atoms in total. The molecule has 0 aliphatic heterocycles. The molecule has 0 amide bonds. The van der Waals surface area contributed by atoms with Gasteiger partial charge in [-0.15, -0.1) is 0 Å². The van der Waals surface area contributed by atoms with Gasteiger partial charge in [0.05, 0.1) is 0 Å². The molecular formula is C7H13CsO2S. The summed E-state index contributed by atoms with van der Waals surface area (Å²) in [7, 11) is 0. The molecule has 0 saturated heterocycles. The predicted molar refractivity (Wildman–Crippen MR) is 49.2 cm³/mol. The second kappa shape index (κ2) is 6.34. The summed E-state index contributed by atoms with van der Waals surface area (Å²) in [5.41, 5.74) is -0.172. The summed E-state index contributed by atoms with van der Waals surface area (Å²) >= 11 is 4.95. The Kier molecular flexibility index (Phi) is 7.42. The fourth-order valence-corrected chi connectivity index (χ4v) is 1.12. The molecule has 0 bridgehead atoms. The van der Waals surface area contributed by atoms with Crippen LogP contribution in [0.4, 0.5) is 0 Å². The number of hydrogen-bond donors (Lipinski definition) is 1. The van der Waals surface area contributed by atoms with Gasteiger partial charge in [0, 0.05) is 12.7 Å². The van der Waals surface area contributed by atoms with Crippen LogP contribution in [0, 0.1) is 0 Å². The number of ether oxygens (including phenoxy) is 1. The zero-order valence-electron chi connectivity index (χ0n) is 7.39. The second-order valence-electron chi connectivity index (χ2n) is 2.43. The Morgan fingerprint density at radius 3 is 2.18 bits per heavy atom. The molecule has 1 aliphatic rings. The number of carbonyl (C=O) groups excluding carboxylic acids is 1. The number of thiol groups is 1. The van der Waals surface area contributed by atoms with E-state index in [1.165, 1.54) is 6.92 Å². The first-order valence-corrected chi connectivity index (χ1v) is 10.9. The van der Waals surface area contributed by atoms with Crippen LogP contribution in [-0.2, 0) is 9.53 Å². The summed E-state index contributed by atoms with van der Waals surface area (Å²) in [6.45, 7) is 1.43. The van der Waals surface area contributed by atoms with Crippen molar-refractivity contribution in [3.05, 3.63) is 0 Å². The van der Waals surface area contributed by atoms with Gasteiger partial charge in [-0.1, -0.05) is 0 Å². The van der Waals surface area contributed by atoms with Crippen molar-refractivity contribution in [2.45, 2.75) is 23.7 Å². The van der Waals surface area contributed by atoms with Crippen molar-refractivity contribution in [1.82, 2.24) is 0 Å². The molecule has 0 N–H and O–H groups in total. The van der Waals surface area contributed by atoms with Crippen molar-refractivity contribution >= 4 is 84.5 Å². The molecule has 11 heavy (non-hydrogen) atoms. The van der Waals surface area contributed by atoms with Gasteiger partial charge in [0.1, 0.15) is 5.60 Å². The molecule has 1 fully saturated rings. The Bertz CT molecular complexity index is 134. The third-order valence-electron chi connectivity index (χ3n) is 1.46. The fourth-order valence-electron chi connectivity index (χ4n) is 0.737. The monoisotopic (exact) mass is 294 g/mol. The van der Waals surface area contributed by atoms with Gasteiger partial charge in [-0.05, 0) is 12.8 Å². The zero-order valence-corrected chi connectivity index (χ0v) is 14.6. The Labute approximate surface area is 121 Å². The molecule has 60 valence electrons. The first-order valence-electron chi connectivity index (χ1n) is 3.99. The van der Waals surface area contributed by atoms with Crippen LogP contribution in [0.15, 0.2) is 0 Å². The average Bonchev–Trinajstić information content (AvgIpc) is 2.73. The summed E-state index contributed by atoms with van der Waals surface area (Å²) in [4.78, 5) is 10.4. The van der Waals surface area contributed by atoms with E-state index in [1.807, 2.05) is 0 Å². The first-order chi connectivity index (χ1) is 5.18. The molecule has 0 atom stereocenters. The fraction of sp³-hybridized carbons (Fsp3) is 0.857. The molecule has 0 heterocycles. The average molecular weight is 294 g/mol. The number of esters is 1. The van der Waals surface area contributed by atoms with Gasteiger partial charge in [-0.25, -0.2) is 0 Å². The van der Waals surface area contributed by atoms with Crippen molar-refractivity contribution in [2.75, 3.05) is 5.75 Å². The van der Waals surface area contributed by atoms with E-state index in [0.717, 1.165) is 78.8 Å². The van der Waals surface area contributed by atoms with Crippen LogP contribution in [0.5, 0.6) is 0 Å². The van der Waals surface area contributed by atoms with Gasteiger partial charge in [0.2, 0.25) is 0 Å². The van der Waals surface area contributed by atoms with Crippen molar-refractivity contribution < 1.29 is 9.53 Å². The number of carbonyl (C=O) groups is 1. The van der Waals surface area contributed by atoms with Gasteiger partial charge in [-0.2, -0.15) is 12.6 Å². The molecule has 0 aromatic rings. The van der Waals surface area contributed by atoms with Crippen molar-refractivity contribution in [3.63, 3.8) is 0 Å². The molecular weight excluding hydrogens is 281 g/mol. The van der Waals surface area contributed by atoms with Crippen LogP contribution in [0.3, 0.4) is 0 Å². The van der Waals surface area contributed by atoms with Crippen molar-refractivity contribution in [2.24, 2.45) is 0 Å². The normalized spacial score (nSPS) is 17.9. The number of hydrogen-bond acceptors (Lipinski definition) is 3. The summed E-state index contributed by atoms with van der Waals surface area (Å²) in [5.74, 6) is 0.466. The third kappa shape index (κ3) is 5.23. The summed E-state index contributed by atoms with van der Waals surface area (Å²) in [6.07, 6.45) is 1.96. The van der Waals surface area contributed by atoms with E-state index in [0.29, 0.717) is 5.75 Å². The van der Waals surface area contributed by atoms with E-state index >= 15 is 0 Å². The minimum absolute atomic E-state index is 0.172. The summed E-state index contributed by atoms with van der Waals surface area (Å²) in [5, 5.41) is 0. The molecule has 4 heteroatoms. The predicted octanol–water partition coefficient (Wildman–Crippen LogP) is 1.21. The zero-order chi connectivity index (χ0) is 8.91. The van der Waals surface area contributed by atoms with Crippen LogP contribution in [0.2, 0.25) is -1.65 Å². The Morgan fingerprint density at radius 1 is 1.64 bits per heavy atom. The molecule has 0 radical (unpaired) electrons. The Hall–Kier alpha value is 1.87. The van der Waals surface area contributed by atoms with Crippen molar-refractivity contribution in [3.8, 4) is 0 Å². The summed E-state index contributed by atoms with van der Waals surface area (Å²) in [6, 6.07) is 0. The third-order valence-corrected chi connectivity index (χ3v) is 2.03. The van der Waals surface area contributed by atoms with Crippen LogP contribution >= 0.6 is 12.6 Å². The van der Waals surface area contributed by atoms with E-state index in [-0.39, 0.29) is 11.6 Å². The summed E-state index contributed by atoms with van der Waals surface area (Å²) < 4.78 is 7.20. The van der Waals surface area contributed by atoms with Crippen LogP contribution in [-0.4, -0.2) is 83.2 Å². The Balaban J connectivity index is 0.000000461. The maximum atomic E-state index is 10.4. The molecule has 0 aromatic carbocycles. The van der Waals surface area contributed by atoms with Gasteiger partial charge in [0.25, 0.3) is 0 Å². The molecule has 0 aromatic heterocycles.